The molecule has 1 atom stereocenters. The average Bonchev–Trinajstić information content (AvgIpc) is 2.92. The Balaban J connectivity index is 1.80. The zero-order valence-corrected chi connectivity index (χ0v) is 13.4. The molecule has 5 heteroatoms. The maximum absolute atomic E-state index is 12.9. The first kappa shape index (κ1) is 15.5. The summed E-state index contributed by atoms with van der Waals surface area (Å²) in [5.41, 5.74) is 2.78. The Hall–Kier alpha value is -2.40. The van der Waals surface area contributed by atoms with E-state index in [1.807, 2.05) is 23.1 Å². The number of hydrogen-bond donors (Lipinski definition) is 0. The number of rotatable bonds is 5. The predicted molar refractivity (Wildman–Crippen MR) is 88.1 cm³/mol. The minimum Gasteiger partial charge on any atom is -0.475 e. The van der Waals surface area contributed by atoms with Crippen LogP contribution in [0.1, 0.15) is 28.8 Å². The van der Waals surface area contributed by atoms with E-state index in [0.717, 1.165) is 5.69 Å². The lowest BCUT2D eigenvalue weighted by Crippen LogP contribution is -2.29. The zero-order chi connectivity index (χ0) is 16.2. The van der Waals surface area contributed by atoms with Crippen molar-refractivity contribution in [1.29, 1.82) is 0 Å². The Morgan fingerprint density at radius 3 is 2.96 bits per heavy atom. The molecule has 0 spiro atoms. The molecule has 23 heavy (non-hydrogen) atoms. The van der Waals surface area contributed by atoms with Crippen molar-refractivity contribution >= 4 is 11.6 Å². The van der Waals surface area contributed by atoms with Crippen molar-refractivity contribution in [1.82, 2.24) is 4.98 Å². The molecule has 0 N–H and O–H groups in total. The van der Waals surface area contributed by atoms with Gasteiger partial charge in [-0.25, -0.2) is 4.98 Å². The van der Waals surface area contributed by atoms with Crippen LogP contribution in [0.5, 0.6) is 5.88 Å². The Labute approximate surface area is 135 Å². The van der Waals surface area contributed by atoms with Crippen molar-refractivity contribution in [2.75, 3.05) is 31.8 Å². The highest BCUT2D eigenvalue weighted by Gasteiger charge is 2.30. The van der Waals surface area contributed by atoms with Crippen LogP contribution in [0.4, 0.5) is 5.69 Å². The number of benzene rings is 1. The second-order valence-corrected chi connectivity index (χ2v) is 5.60. The monoisotopic (exact) mass is 312 g/mol. The first-order chi connectivity index (χ1) is 11.2. The molecule has 2 aromatic rings. The number of aromatic nitrogens is 1. The van der Waals surface area contributed by atoms with E-state index in [-0.39, 0.29) is 5.91 Å². The smallest absolute Gasteiger partial charge is 0.258 e. The van der Waals surface area contributed by atoms with E-state index in [1.54, 1.807) is 25.4 Å². The topological polar surface area (TPSA) is 51.7 Å². The van der Waals surface area contributed by atoms with E-state index < -0.39 is 0 Å². The second kappa shape index (κ2) is 6.79. The Morgan fingerprint density at radius 1 is 1.30 bits per heavy atom. The first-order valence-corrected chi connectivity index (χ1v) is 7.69. The van der Waals surface area contributed by atoms with Crippen LogP contribution in [0.15, 0.2) is 42.6 Å². The van der Waals surface area contributed by atoms with Gasteiger partial charge in [-0.05, 0) is 17.7 Å². The van der Waals surface area contributed by atoms with Gasteiger partial charge in [0.1, 0.15) is 6.61 Å². The van der Waals surface area contributed by atoms with Crippen molar-refractivity contribution in [3.05, 3.63) is 53.7 Å². The molecule has 1 unspecified atom stereocenters. The highest BCUT2D eigenvalue weighted by molar-refractivity contribution is 6.07. The number of para-hydroxylation sites is 1. The summed E-state index contributed by atoms with van der Waals surface area (Å²) in [4.78, 5) is 18.8. The van der Waals surface area contributed by atoms with Crippen LogP contribution in [0.25, 0.3) is 0 Å². The van der Waals surface area contributed by atoms with Gasteiger partial charge in [-0.3, -0.25) is 4.79 Å². The van der Waals surface area contributed by atoms with Crippen LogP contribution >= 0.6 is 0 Å². The molecule has 0 saturated carbocycles. The van der Waals surface area contributed by atoms with Gasteiger partial charge in [0, 0.05) is 43.1 Å². The van der Waals surface area contributed by atoms with E-state index in [2.05, 4.69) is 18.0 Å². The first-order valence-electron chi connectivity index (χ1n) is 7.69. The normalized spacial score (nSPS) is 16.3. The van der Waals surface area contributed by atoms with Crippen LogP contribution in [-0.4, -0.2) is 37.8 Å². The summed E-state index contributed by atoms with van der Waals surface area (Å²) >= 11 is 0. The van der Waals surface area contributed by atoms with E-state index in [0.29, 0.717) is 37.1 Å². The molecule has 1 amide bonds. The summed E-state index contributed by atoms with van der Waals surface area (Å²) in [6.07, 6.45) is 1.60. The van der Waals surface area contributed by atoms with E-state index in [9.17, 15) is 4.79 Å². The zero-order valence-electron chi connectivity index (χ0n) is 13.4. The summed E-state index contributed by atoms with van der Waals surface area (Å²) in [6, 6.07) is 11.5. The summed E-state index contributed by atoms with van der Waals surface area (Å²) in [5, 5.41) is 0. The maximum atomic E-state index is 12.9. The van der Waals surface area contributed by atoms with Gasteiger partial charge in [0.25, 0.3) is 5.91 Å². The molecule has 3 rings (SSSR count). The summed E-state index contributed by atoms with van der Waals surface area (Å²) in [5.74, 6) is 0.753. The molecule has 1 aromatic heterocycles. The van der Waals surface area contributed by atoms with Crippen LogP contribution < -0.4 is 9.64 Å². The number of pyridine rings is 1. The van der Waals surface area contributed by atoms with Gasteiger partial charge < -0.3 is 14.4 Å². The van der Waals surface area contributed by atoms with Crippen molar-refractivity contribution in [3.8, 4) is 5.88 Å². The SMILES string of the molecule is COCCOc1cc(C(=O)N2CC(C)c3ccccc32)ccn1. The van der Waals surface area contributed by atoms with Crippen LogP contribution in [0, 0.1) is 0 Å². The van der Waals surface area contributed by atoms with Crippen LogP contribution in [0.2, 0.25) is 0 Å². The number of carbonyl (C=O) groups is 1. The van der Waals surface area contributed by atoms with Gasteiger partial charge in [0.2, 0.25) is 5.88 Å². The lowest BCUT2D eigenvalue weighted by atomic mass is 10.0. The average molecular weight is 312 g/mol. The maximum Gasteiger partial charge on any atom is 0.258 e. The van der Waals surface area contributed by atoms with Crippen molar-refractivity contribution in [3.63, 3.8) is 0 Å². The van der Waals surface area contributed by atoms with Gasteiger partial charge in [-0.15, -0.1) is 0 Å². The Morgan fingerprint density at radius 2 is 2.13 bits per heavy atom. The molecule has 2 heterocycles. The van der Waals surface area contributed by atoms with E-state index >= 15 is 0 Å². The fourth-order valence-electron chi connectivity index (χ4n) is 2.82. The third kappa shape index (κ3) is 3.19. The van der Waals surface area contributed by atoms with Gasteiger partial charge in [-0.2, -0.15) is 0 Å². The molecule has 0 fully saturated rings. The molecule has 0 saturated heterocycles. The molecular formula is C18H20N2O3. The standard InChI is InChI=1S/C18H20N2O3/c1-13-12-20(16-6-4-3-5-15(13)16)18(21)14-7-8-19-17(11-14)23-10-9-22-2/h3-8,11,13H,9-10,12H2,1-2H3. The van der Waals surface area contributed by atoms with Crippen LogP contribution in [0.3, 0.4) is 0 Å². The highest BCUT2D eigenvalue weighted by atomic mass is 16.5. The number of carbonyl (C=O) groups excluding carboxylic acids is 1. The van der Waals surface area contributed by atoms with E-state index in [1.165, 1.54) is 5.56 Å². The molecule has 1 aliphatic heterocycles. The molecule has 1 aromatic carbocycles. The minimum absolute atomic E-state index is 0.0270. The van der Waals surface area contributed by atoms with Gasteiger partial charge in [-0.1, -0.05) is 25.1 Å². The number of ether oxygens (including phenoxy) is 2. The van der Waals surface area contributed by atoms with Crippen molar-refractivity contribution in [2.45, 2.75) is 12.8 Å². The highest BCUT2D eigenvalue weighted by Crippen LogP contribution is 2.36. The largest absolute Gasteiger partial charge is 0.475 e. The predicted octanol–water partition coefficient (Wildman–Crippen LogP) is 2.87. The lowest BCUT2D eigenvalue weighted by molar-refractivity contribution is 0.0987. The van der Waals surface area contributed by atoms with Crippen molar-refractivity contribution < 1.29 is 14.3 Å². The number of hydrogen-bond acceptors (Lipinski definition) is 4. The quantitative estimate of drug-likeness (QED) is 0.797. The number of methoxy groups -OCH3 is 1. The van der Waals surface area contributed by atoms with Gasteiger partial charge >= 0.3 is 0 Å². The molecule has 5 nitrogen and oxygen atoms in total. The summed E-state index contributed by atoms with van der Waals surface area (Å²) < 4.78 is 10.4. The third-order valence-electron chi connectivity index (χ3n) is 3.98. The van der Waals surface area contributed by atoms with Gasteiger partial charge in [0.15, 0.2) is 0 Å². The summed E-state index contributed by atoms with van der Waals surface area (Å²) in [6.45, 7) is 3.72. The number of nitrogens with zero attached hydrogens (tertiary/aromatic N) is 2. The molecule has 1 aliphatic rings. The third-order valence-corrected chi connectivity index (χ3v) is 3.98. The lowest BCUT2D eigenvalue weighted by Gasteiger charge is -2.18. The number of anilines is 1. The van der Waals surface area contributed by atoms with Crippen molar-refractivity contribution in [2.24, 2.45) is 0 Å². The van der Waals surface area contributed by atoms with Gasteiger partial charge in [0.05, 0.1) is 6.61 Å². The minimum atomic E-state index is -0.0270. The second-order valence-electron chi connectivity index (χ2n) is 5.60. The molecule has 0 bridgehead atoms. The molecule has 0 radical (unpaired) electrons. The molecular weight excluding hydrogens is 292 g/mol. The molecule has 120 valence electrons. The van der Waals surface area contributed by atoms with E-state index in [4.69, 9.17) is 9.47 Å². The summed E-state index contributed by atoms with van der Waals surface area (Å²) in [7, 11) is 1.61. The van der Waals surface area contributed by atoms with Crippen LogP contribution in [-0.2, 0) is 4.74 Å². The number of fused-ring (bicyclic) bond motifs is 1. The Bertz CT molecular complexity index is 702. The Kier molecular flexibility index (Phi) is 4.57. The molecule has 0 aliphatic carbocycles. The fraction of sp³-hybridized carbons (Fsp3) is 0.333. The fourth-order valence-corrected chi connectivity index (χ4v) is 2.82. The number of amides is 1.